The molecule has 0 bridgehead atoms. The molecule has 1 aliphatic rings. The smallest absolute Gasteiger partial charge is 0.338 e. The second-order valence-corrected chi connectivity index (χ2v) is 8.64. The number of imide groups is 1. The molecule has 5 rings (SSSR count). The third-order valence-corrected chi connectivity index (χ3v) is 6.49. The first kappa shape index (κ1) is 21.7. The number of furan rings is 1. The van der Waals surface area contributed by atoms with E-state index in [-0.39, 0.29) is 22.6 Å². The molecular weight excluding hydrogens is 450 g/mol. The minimum Gasteiger partial charge on any atom is -0.465 e. The summed E-state index contributed by atoms with van der Waals surface area (Å²) in [6.07, 6.45) is 1.55. The zero-order valence-electron chi connectivity index (χ0n) is 18.2. The minimum absolute atomic E-state index is 0.194. The van der Waals surface area contributed by atoms with Crippen molar-refractivity contribution in [1.29, 1.82) is 0 Å². The monoisotopic (exact) mass is 469 g/mol. The number of hydrogen-bond acceptors (Lipinski definition) is 6. The number of carbonyl (C=O) groups is 3. The summed E-state index contributed by atoms with van der Waals surface area (Å²) in [5, 5.41) is 1.73. The summed E-state index contributed by atoms with van der Waals surface area (Å²) < 4.78 is 10.7. The molecule has 0 saturated carbocycles. The number of hydrogen-bond donors (Lipinski definition) is 0. The van der Waals surface area contributed by atoms with Crippen molar-refractivity contribution in [2.75, 3.05) is 7.11 Å². The number of nitrogens with zero attached hydrogens (tertiary/aromatic N) is 1. The summed E-state index contributed by atoms with van der Waals surface area (Å²) in [6.45, 7) is 0.194. The molecule has 1 aliphatic heterocycles. The van der Waals surface area contributed by atoms with Gasteiger partial charge in [0.1, 0.15) is 11.5 Å². The lowest BCUT2D eigenvalue weighted by Gasteiger charge is -2.14. The SMILES string of the molecule is COC(=O)c1ccccc1-c1ccc(/C=C2\SC(=O)N(Cc3cccc4ccccc34)C2=O)o1. The van der Waals surface area contributed by atoms with Gasteiger partial charge in [-0.3, -0.25) is 14.5 Å². The maximum atomic E-state index is 13.0. The van der Waals surface area contributed by atoms with E-state index in [1.807, 2.05) is 42.5 Å². The maximum Gasteiger partial charge on any atom is 0.338 e. The Bertz CT molecular complexity index is 1460. The van der Waals surface area contributed by atoms with Crippen molar-refractivity contribution in [3.05, 3.63) is 101 Å². The molecule has 34 heavy (non-hydrogen) atoms. The lowest BCUT2D eigenvalue weighted by Crippen LogP contribution is -2.27. The first-order chi connectivity index (χ1) is 16.5. The molecule has 4 aromatic rings. The van der Waals surface area contributed by atoms with Crippen molar-refractivity contribution < 1.29 is 23.5 Å². The summed E-state index contributed by atoms with van der Waals surface area (Å²) in [7, 11) is 1.32. The molecule has 0 radical (unpaired) electrons. The van der Waals surface area contributed by atoms with Crippen molar-refractivity contribution >= 4 is 45.7 Å². The second kappa shape index (κ2) is 9.03. The van der Waals surface area contributed by atoms with Crippen molar-refractivity contribution in [3.8, 4) is 11.3 Å². The molecule has 7 heteroatoms. The molecule has 0 spiro atoms. The average molecular weight is 470 g/mol. The van der Waals surface area contributed by atoms with E-state index >= 15 is 0 Å². The average Bonchev–Trinajstić information content (AvgIpc) is 3.44. The van der Waals surface area contributed by atoms with Crippen LogP contribution in [0.25, 0.3) is 28.2 Å². The Kier molecular flexibility index (Phi) is 5.77. The van der Waals surface area contributed by atoms with Gasteiger partial charge in [0, 0.05) is 11.6 Å². The standard InChI is InChI=1S/C27H19NO5S/c1-32-26(30)22-12-5-4-11-21(22)23-14-13-19(33-23)15-24-25(29)28(27(31)34-24)16-18-9-6-8-17-7-2-3-10-20(17)18/h2-15H,16H2,1H3/b24-15-. The number of methoxy groups -OCH3 is 1. The van der Waals surface area contributed by atoms with Crippen LogP contribution in [0.15, 0.2) is 88.2 Å². The van der Waals surface area contributed by atoms with Crippen molar-refractivity contribution in [2.45, 2.75) is 6.54 Å². The van der Waals surface area contributed by atoms with Gasteiger partial charge in [-0.2, -0.15) is 0 Å². The van der Waals surface area contributed by atoms with Gasteiger partial charge in [-0.05, 0) is 46.3 Å². The van der Waals surface area contributed by atoms with Crippen molar-refractivity contribution in [2.24, 2.45) is 0 Å². The van der Waals surface area contributed by atoms with Crippen LogP contribution in [-0.4, -0.2) is 29.1 Å². The first-order valence-corrected chi connectivity index (χ1v) is 11.4. The molecule has 0 atom stereocenters. The number of amides is 2. The summed E-state index contributed by atoms with van der Waals surface area (Å²) >= 11 is 0.882. The Morgan fingerprint density at radius 3 is 2.59 bits per heavy atom. The van der Waals surface area contributed by atoms with Gasteiger partial charge in [-0.25, -0.2) is 4.79 Å². The molecule has 1 aromatic heterocycles. The van der Waals surface area contributed by atoms with Crippen molar-refractivity contribution in [1.82, 2.24) is 4.90 Å². The molecule has 2 amide bonds. The summed E-state index contributed by atoms with van der Waals surface area (Å²) in [5.74, 6) is 0.0338. The van der Waals surface area contributed by atoms with Gasteiger partial charge in [0.25, 0.3) is 11.1 Å². The molecular formula is C27H19NO5S. The van der Waals surface area contributed by atoms with E-state index in [4.69, 9.17) is 9.15 Å². The lowest BCUT2D eigenvalue weighted by atomic mass is 10.0. The molecule has 3 aromatic carbocycles. The van der Waals surface area contributed by atoms with Crippen LogP contribution in [0.3, 0.4) is 0 Å². The molecule has 0 unspecified atom stereocenters. The van der Waals surface area contributed by atoms with Gasteiger partial charge < -0.3 is 9.15 Å². The number of carbonyl (C=O) groups excluding carboxylic acids is 3. The highest BCUT2D eigenvalue weighted by Crippen LogP contribution is 2.35. The highest BCUT2D eigenvalue weighted by molar-refractivity contribution is 8.18. The fourth-order valence-corrected chi connectivity index (χ4v) is 4.75. The topological polar surface area (TPSA) is 76.8 Å². The predicted octanol–water partition coefficient (Wildman–Crippen LogP) is 6.12. The van der Waals surface area contributed by atoms with E-state index in [0.29, 0.717) is 22.6 Å². The van der Waals surface area contributed by atoms with Gasteiger partial charge in [-0.15, -0.1) is 0 Å². The zero-order valence-corrected chi connectivity index (χ0v) is 19.0. The first-order valence-electron chi connectivity index (χ1n) is 10.5. The maximum absolute atomic E-state index is 13.0. The number of ether oxygens (including phenoxy) is 1. The quantitative estimate of drug-likeness (QED) is 0.259. The molecule has 168 valence electrons. The molecule has 1 fully saturated rings. The van der Waals surface area contributed by atoms with E-state index in [1.165, 1.54) is 12.0 Å². The normalized spacial score (nSPS) is 14.9. The third-order valence-electron chi connectivity index (χ3n) is 5.58. The van der Waals surface area contributed by atoms with E-state index in [9.17, 15) is 14.4 Å². The molecule has 0 aliphatic carbocycles. The van der Waals surface area contributed by atoms with Crippen molar-refractivity contribution in [3.63, 3.8) is 0 Å². The van der Waals surface area contributed by atoms with Crippen LogP contribution >= 0.6 is 11.8 Å². The van der Waals surface area contributed by atoms with Gasteiger partial charge >= 0.3 is 5.97 Å². The molecule has 0 N–H and O–H groups in total. The van der Waals surface area contributed by atoms with Gasteiger partial charge in [0.05, 0.1) is 24.1 Å². The van der Waals surface area contributed by atoms with E-state index in [0.717, 1.165) is 28.1 Å². The van der Waals surface area contributed by atoms with E-state index in [2.05, 4.69) is 0 Å². The summed E-state index contributed by atoms with van der Waals surface area (Å²) in [6, 6.07) is 24.1. The largest absolute Gasteiger partial charge is 0.465 e. The molecule has 2 heterocycles. The van der Waals surface area contributed by atoms with Crippen LogP contribution in [0.1, 0.15) is 21.7 Å². The Hall–Kier alpha value is -4.10. The van der Waals surface area contributed by atoms with Gasteiger partial charge in [-0.1, -0.05) is 60.7 Å². The Morgan fingerprint density at radius 1 is 0.971 bits per heavy atom. The predicted molar refractivity (Wildman–Crippen MR) is 131 cm³/mol. The Morgan fingerprint density at radius 2 is 1.74 bits per heavy atom. The van der Waals surface area contributed by atoms with Crippen LogP contribution in [0.2, 0.25) is 0 Å². The lowest BCUT2D eigenvalue weighted by molar-refractivity contribution is -0.123. The number of benzene rings is 3. The highest BCUT2D eigenvalue weighted by Gasteiger charge is 2.35. The van der Waals surface area contributed by atoms with E-state index < -0.39 is 5.97 Å². The Balaban J connectivity index is 1.40. The third kappa shape index (κ3) is 4.02. The fraction of sp³-hybridized carbons (Fsp3) is 0.0741. The summed E-state index contributed by atoms with van der Waals surface area (Å²) in [5.41, 5.74) is 1.86. The molecule has 6 nitrogen and oxygen atoms in total. The number of thioether (sulfide) groups is 1. The number of fused-ring (bicyclic) bond motifs is 1. The number of esters is 1. The highest BCUT2D eigenvalue weighted by atomic mass is 32.2. The van der Waals surface area contributed by atoms with Crippen LogP contribution in [-0.2, 0) is 16.1 Å². The molecule has 1 saturated heterocycles. The fourth-order valence-electron chi connectivity index (χ4n) is 3.93. The number of rotatable bonds is 5. The zero-order chi connectivity index (χ0) is 23.7. The van der Waals surface area contributed by atoms with Gasteiger partial charge in [0.15, 0.2) is 0 Å². The minimum atomic E-state index is -0.469. The van der Waals surface area contributed by atoms with Crippen LogP contribution in [0, 0.1) is 0 Å². The second-order valence-electron chi connectivity index (χ2n) is 7.65. The Labute approximate surface area is 199 Å². The summed E-state index contributed by atoms with van der Waals surface area (Å²) in [4.78, 5) is 39.3. The van der Waals surface area contributed by atoms with Gasteiger partial charge in [0.2, 0.25) is 0 Å². The van der Waals surface area contributed by atoms with Crippen LogP contribution in [0.4, 0.5) is 4.79 Å². The van der Waals surface area contributed by atoms with Crippen LogP contribution in [0.5, 0.6) is 0 Å². The van der Waals surface area contributed by atoms with E-state index in [1.54, 1.807) is 42.5 Å². The van der Waals surface area contributed by atoms with Crippen LogP contribution < -0.4 is 0 Å².